The zero-order valence-corrected chi connectivity index (χ0v) is 15.5. The summed E-state index contributed by atoms with van der Waals surface area (Å²) in [6, 6.07) is 9.53. The predicted molar refractivity (Wildman–Crippen MR) is 109 cm³/mol. The third-order valence-electron chi connectivity index (χ3n) is 4.81. The highest BCUT2D eigenvalue weighted by atomic mass is 15.4. The van der Waals surface area contributed by atoms with Crippen molar-refractivity contribution in [1.82, 2.24) is 20.6 Å². The van der Waals surface area contributed by atoms with Gasteiger partial charge in [-0.1, -0.05) is 0 Å². The molecule has 142 valence electrons. The van der Waals surface area contributed by atoms with Crippen LogP contribution in [0.3, 0.4) is 0 Å². The average Bonchev–Trinajstić information content (AvgIpc) is 3.58. The maximum absolute atomic E-state index is 9.21. The van der Waals surface area contributed by atoms with Gasteiger partial charge in [0.25, 0.3) is 0 Å². The molecule has 1 aliphatic carbocycles. The number of rotatable bonds is 7. The summed E-state index contributed by atoms with van der Waals surface area (Å²) in [6.45, 7) is 1.10. The molecule has 2 aromatic rings. The van der Waals surface area contributed by atoms with E-state index in [0.29, 0.717) is 30.4 Å². The van der Waals surface area contributed by atoms with Gasteiger partial charge < -0.3 is 16.4 Å². The highest BCUT2D eigenvalue weighted by Gasteiger charge is 2.36. The van der Waals surface area contributed by atoms with E-state index in [4.69, 9.17) is 5.73 Å². The van der Waals surface area contributed by atoms with Gasteiger partial charge in [-0.2, -0.15) is 5.26 Å². The van der Waals surface area contributed by atoms with Crippen LogP contribution >= 0.6 is 0 Å². The zero-order valence-electron chi connectivity index (χ0n) is 15.5. The van der Waals surface area contributed by atoms with Gasteiger partial charge in [-0.05, 0) is 60.8 Å². The molecule has 28 heavy (non-hydrogen) atoms. The Morgan fingerprint density at radius 2 is 2.21 bits per heavy atom. The van der Waals surface area contributed by atoms with Crippen LogP contribution in [0.4, 0.5) is 5.82 Å². The van der Waals surface area contributed by atoms with Gasteiger partial charge in [0, 0.05) is 42.9 Å². The number of nitrogens with zero attached hydrogens (tertiary/aromatic N) is 3. The first-order valence-electron chi connectivity index (χ1n) is 9.44. The highest BCUT2D eigenvalue weighted by Crippen LogP contribution is 2.40. The maximum Gasteiger partial charge on any atom is 0.186 e. The van der Waals surface area contributed by atoms with E-state index in [0.717, 1.165) is 11.3 Å². The van der Waals surface area contributed by atoms with Crippen LogP contribution in [0.15, 0.2) is 60.6 Å². The number of hydrogen-bond donors (Lipinski definition) is 4. The molecular formula is C21H23N7. The Labute approximate surface area is 164 Å². The maximum atomic E-state index is 9.21. The molecule has 0 amide bonds. The molecule has 4 rings (SSSR count). The third kappa shape index (κ3) is 4.03. The molecule has 0 aromatic carbocycles. The number of pyridine rings is 2. The number of dihydropyridines is 1. The number of allylic oxidation sites excluding steroid dienone is 2. The smallest absolute Gasteiger partial charge is 0.186 e. The molecular weight excluding hydrogens is 350 g/mol. The van der Waals surface area contributed by atoms with Crippen molar-refractivity contribution in [3.63, 3.8) is 0 Å². The fourth-order valence-corrected chi connectivity index (χ4v) is 3.32. The second kappa shape index (κ2) is 7.80. The molecule has 0 saturated heterocycles. The molecule has 7 nitrogen and oxygen atoms in total. The van der Waals surface area contributed by atoms with Gasteiger partial charge in [0.15, 0.2) is 5.79 Å². The lowest BCUT2D eigenvalue weighted by molar-refractivity contribution is 0.412. The minimum absolute atomic E-state index is 0.495. The highest BCUT2D eigenvalue weighted by molar-refractivity contribution is 5.70. The van der Waals surface area contributed by atoms with Crippen molar-refractivity contribution in [2.45, 2.75) is 18.6 Å². The topological polar surface area (TPSA) is 112 Å². The molecule has 1 saturated carbocycles. The number of nitrogens with one attached hydrogen (secondary N) is 3. The normalized spacial score (nSPS) is 21.1. The molecule has 1 fully saturated rings. The van der Waals surface area contributed by atoms with Gasteiger partial charge in [0.2, 0.25) is 0 Å². The standard InChI is InChI=1S/C21H23N7/c22-6-9-26-21(28-20-10-15(13-23)5-8-25-20)12-18(16-3-4-16)11-19(27-21)17-2-1-7-24-14-17/h1-2,5,7-8,10-12,14,16,26-27H,3-4,6,9,22H2,(H,25,28). The zero-order chi connectivity index (χ0) is 19.4. The fraction of sp³-hybridized carbons (Fsp3) is 0.286. The number of nitriles is 1. The van der Waals surface area contributed by atoms with Gasteiger partial charge >= 0.3 is 0 Å². The van der Waals surface area contributed by atoms with Gasteiger partial charge in [-0.25, -0.2) is 4.98 Å². The van der Waals surface area contributed by atoms with E-state index in [2.05, 4.69) is 44.1 Å². The van der Waals surface area contributed by atoms with E-state index in [1.807, 2.05) is 18.3 Å². The summed E-state index contributed by atoms with van der Waals surface area (Å²) in [5.74, 6) is 0.404. The second-order valence-electron chi connectivity index (χ2n) is 7.03. The minimum atomic E-state index is -0.766. The van der Waals surface area contributed by atoms with E-state index >= 15 is 0 Å². The van der Waals surface area contributed by atoms with E-state index in [9.17, 15) is 5.26 Å². The summed E-state index contributed by atoms with van der Waals surface area (Å²) in [5.41, 5.74) is 9.58. The van der Waals surface area contributed by atoms with Crippen molar-refractivity contribution >= 4 is 11.5 Å². The van der Waals surface area contributed by atoms with Gasteiger partial charge in [-0.3, -0.25) is 10.3 Å². The molecule has 1 aliphatic heterocycles. The molecule has 3 heterocycles. The van der Waals surface area contributed by atoms with Crippen LogP contribution in [0.2, 0.25) is 0 Å². The Hall–Kier alpha value is -3.21. The number of anilines is 1. The van der Waals surface area contributed by atoms with Crippen LogP contribution in [0, 0.1) is 17.2 Å². The van der Waals surface area contributed by atoms with Crippen LogP contribution in [0.25, 0.3) is 5.70 Å². The summed E-state index contributed by atoms with van der Waals surface area (Å²) >= 11 is 0. The lowest BCUT2D eigenvalue weighted by Crippen LogP contribution is -2.62. The average molecular weight is 373 g/mol. The monoisotopic (exact) mass is 373 g/mol. The van der Waals surface area contributed by atoms with Gasteiger partial charge in [-0.15, -0.1) is 0 Å². The van der Waals surface area contributed by atoms with Crippen molar-refractivity contribution in [2.75, 3.05) is 18.4 Å². The first-order chi connectivity index (χ1) is 13.7. The Morgan fingerprint density at radius 3 is 2.93 bits per heavy atom. The van der Waals surface area contributed by atoms with Crippen LogP contribution < -0.4 is 21.7 Å². The molecule has 0 bridgehead atoms. The molecule has 1 unspecified atom stereocenters. The first-order valence-corrected chi connectivity index (χ1v) is 9.44. The summed E-state index contributed by atoms with van der Waals surface area (Å²) in [4.78, 5) is 8.64. The van der Waals surface area contributed by atoms with Crippen molar-refractivity contribution in [3.8, 4) is 6.07 Å². The summed E-state index contributed by atoms with van der Waals surface area (Å²) in [7, 11) is 0. The van der Waals surface area contributed by atoms with Gasteiger partial charge in [0.1, 0.15) is 5.82 Å². The van der Waals surface area contributed by atoms with E-state index < -0.39 is 5.79 Å². The largest absolute Gasteiger partial charge is 0.347 e. The van der Waals surface area contributed by atoms with E-state index in [-0.39, 0.29) is 0 Å². The molecule has 7 heteroatoms. The summed E-state index contributed by atoms with van der Waals surface area (Å²) < 4.78 is 0. The summed E-state index contributed by atoms with van der Waals surface area (Å²) in [6.07, 6.45) is 12.0. The van der Waals surface area contributed by atoms with Gasteiger partial charge in [0.05, 0.1) is 11.6 Å². The van der Waals surface area contributed by atoms with Crippen LogP contribution in [0.1, 0.15) is 24.0 Å². The van der Waals surface area contributed by atoms with Crippen LogP contribution in [-0.2, 0) is 0 Å². The molecule has 0 radical (unpaired) electrons. The lowest BCUT2D eigenvalue weighted by atomic mass is 9.99. The Kier molecular flexibility index (Phi) is 5.06. The molecule has 2 aromatic heterocycles. The molecule has 5 N–H and O–H groups in total. The van der Waals surface area contributed by atoms with E-state index in [1.165, 1.54) is 18.4 Å². The molecule has 0 spiro atoms. The Bertz CT molecular complexity index is 941. The van der Waals surface area contributed by atoms with E-state index in [1.54, 1.807) is 24.5 Å². The van der Waals surface area contributed by atoms with Crippen LogP contribution in [0.5, 0.6) is 0 Å². The predicted octanol–water partition coefficient (Wildman–Crippen LogP) is 1.94. The Morgan fingerprint density at radius 1 is 1.32 bits per heavy atom. The second-order valence-corrected chi connectivity index (χ2v) is 7.03. The molecule has 2 aliphatic rings. The van der Waals surface area contributed by atoms with Crippen molar-refractivity contribution < 1.29 is 0 Å². The van der Waals surface area contributed by atoms with Crippen molar-refractivity contribution in [1.29, 1.82) is 5.26 Å². The minimum Gasteiger partial charge on any atom is -0.347 e. The fourth-order valence-electron chi connectivity index (χ4n) is 3.32. The number of aromatic nitrogens is 2. The van der Waals surface area contributed by atoms with Crippen molar-refractivity contribution in [3.05, 3.63) is 71.7 Å². The van der Waals surface area contributed by atoms with Crippen LogP contribution in [-0.4, -0.2) is 28.8 Å². The number of nitrogens with two attached hydrogens (primary N) is 1. The third-order valence-corrected chi connectivity index (χ3v) is 4.81. The first kappa shape index (κ1) is 18.2. The molecule has 1 atom stereocenters. The SMILES string of the molecule is N#Cc1ccnc(NC2(NCCN)C=C(C3CC3)C=C(c3cccnc3)N2)c1. The lowest BCUT2D eigenvalue weighted by Gasteiger charge is -2.39. The quantitative estimate of drug-likeness (QED) is 0.549. The number of hydrogen-bond acceptors (Lipinski definition) is 7. The van der Waals surface area contributed by atoms with Crippen molar-refractivity contribution in [2.24, 2.45) is 11.7 Å². The Balaban J connectivity index is 1.72. The summed E-state index contributed by atoms with van der Waals surface area (Å²) in [5, 5.41) is 19.7.